The number of rotatable bonds is 4. The van der Waals surface area contributed by atoms with E-state index in [2.05, 4.69) is 0 Å². The van der Waals surface area contributed by atoms with Crippen LogP contribution in [0.1, 0.15) is 15.9 Å². The Morgan fingerprint density at radius 1 is 0.909 bits per heavy atom. The second kappa shape index (κ2) is 8.26. The quantitative estimate of drug-likeness (QED) is 0.426. The molecule has 0 radical (unpaired) electrons. The zero-order chi connectivity index (χ0) is 24.2. The summed E-state index contributed by atoms with van der Waals surface area (Å²) in [4.78, 5) is 50.2. The average molecular weight is 510 g/mol. The number of carboxylic acid groups (broad SMARTS) is 1. The van der Waals surface area contributed by atoms with Crippen LogP contribution < -0.4 is 16.9 Å². The second-order valence-corrected chi connectivity index (χ2v) is 8.48. The number of hydrogen-bond donors (Lipinski definition) is 1. The Morgan fingerprint density at radius 3 is 2.21 bits per heavy atom. The number of hydrogen-bond acceptors (Lipinski definition) is 4. The zero-order valence-corrected chi connectivity index (χ0v) is 19.4. The van der Waals surface area contributed by atoms with E-state index in [1.54, 1.807) is 32.3 Å². The van der Waals surface area contributed by atoms with E-state index in [0.29, 0.717) is 11.0 Å². The van der Waals surface area contributed by atoms with Crippen LogP contribution in [0.2, 0.25) is 15.1 Å². The maximum Gasteiger partial charge on any atom is 0.342 e. The fourth-order valence-electron chi connectivity index (χ4n) is 3.59. The summed E-state index contributed by atoms with van der Waals surface area (Å²) >= 11 is 18.5. The first-order chi connectivity index (χ1) is 15.5. The second-order valence-electron chi connectivity index (χ2n) is 7.29. The molecule has 2 aromatic carbocycles. The Labute approximate surface area is 200 Å². The number of aromatic nitrogens is 4. The lowest BCUT2D eigenvalue weighted by atomic mass is 10.2. The van der Waals surface area contributed by atoms with Gasteiger partial charge >= 0.3 is 17.3 Å². The Balaban J connectivity index is 2.00. The van der Waals surface area contributed by atoms with Gasteiger partial charge in [-0.1, -0.05) is 34.8 Å². The van der Waals surface area contributed by atoms with Crippen molar-refractivity contribution in [3.05, 3.63) is 94.0 Å². The smallest absolute Gasteiger partial charge is 0.342 e. The van der Waals surface area contributed by atoms with Crippen LogP contribution in [0.5, 0.6) is 0 Å². The number of fused-ring (bicyclic) bond motifs is 1. The predicted molar refractivity (Wildman–Crippen MR) is 126 cm³/mol. The maximum absolute atomic E-state index is 13.3. The highest BCUT2D eigenvalue weighted by Crippen LogP contribution is 2.31. The molecule has 170 valence electrons. The molecule has 1 N–H and O–H groups in total. The molecule has 0 aliphatic rings. The summed E-state index contributed by atoms with van der Waals surface area (Å²) in [5.74, 6) is -1.51. The molecular formula is C21H15Cl3N4O5. The largest absolute Gasteiger partial charge is 0.477 e. The van der Waals surface area contributed by atoms with Gasteiger partial charge in [-0.2, -0.15) is 0 Å². The molecule has 0 aliphatic carbocycles. The van der Waals surface area contributed by atoms with E-state index in [9.17, 15) is 24.3 Å². The molecule has 0 atom stereocenters. The van der Waals surface area contributed by atoms with Crippen LogP contribution in [0.15, 0.2) is 50.9 Å². The molecule has 0 unspecified atom stereocenters. The first kappa shape index (κ1) is 22.9. The van der Waals surface area contributed by atoms with Crippen LogP contribution in [0, 0.1) is 0 Å². The van der Waals surface area contributed by atoms with Crippen molar-refractivity contribution in [2.24, 2.45) is 14.1 Å². The number of aromatic carboxylic acids is 1. The predicted octanol–water partition coefficient (Wildman–Crippen LogP) is 2.90. The minimum atomic E-state index is -1.51. The van der Waals surface area contributed by atoms with E-state index in [4.69, 9.17) is 34.8 Å². The summed E-state index contributed by atoms with van der Waals surface area (Å²) in [6.45, 7) is -0.400. The third kappa shape index (κ3) is 3.68. The molecular weight excluding hydrogens is 495 g/mol. The molecule has 0 saturated carbocycles. The van der Waals surface area contributed by atoms with Crippen molar-refractivity contribution < 1.29 is 9.90 Å². The standard InChI is InChI=1S/C21H15Cl3N4O5/c1-25-15-6-3-10(7-16(15)26(2)20(25)32)27-9-12(19(30)31)18(29)28(21(27)33)8-11-13(22)4-5-14(23)17(11)24/h3-7,9H,8H2,1-2H3,(H,30,31). The van der Waals surface area contributed by atoms with E-state index in [0.717, 1.165) is 15.3 Å². The van der Waals surface area contributed by atoms with Gasteiger partial charge in [-0.15, -0.1) is 0 Å². The molecule has 0 aliphatic heterocycles. The summed E-state index contributed by atoms with van der Waals surface area (Å²) in [6.07, 6.45) is 0.951. The molecule has 0 fully saturated rings. The number of carboxylic acids is 1. The van der Waals surface area contributed by atoms with E-state index >= 15 is 0 Å². The van der Waals surface area contributed by atoms with Gasteiger partial charge in [0.25, 0.3) is 5.56 Å². The van der Waals surface area contributed by atoms with Gasteiger partial charge in [0.1, 0.15) is 5.56 Å². The SMILES string of the molecule is Cn1c(=O)n(C)c2cc(-n3cc(C(=O)O)c(=O)n(Cc4c(Cl)ccc(Cl)c4Cl)c3=O)ccc21. The number of benzene rings is 2. The lowest BCUT2D eigenvalue weighted by Gasteiger charge is -2.14. The molecule has 12 heteroatoms. The monoisotopic (exact) mass is 508 g/mol. The first-order valence-electron chi connectivity index (χ1n) is 9.41. The minimum absolute atomic E-state index is 0.0449. The van der Waals surface area contributed by atoms with Crippen molar-refractivity contribution in [1.29, 1.82) is 0 Å². The Bertz CT molecular complexity index is 1650. The molecule has 0 saturated heterocycles. The van der Waals surface area contributed by atoms with Crippen LogP contribution in [0.3, 0.4) is 0 Å². The molecule has 0 amide bonds. The molecule has 0 bridgehead atoms. The highest BCUT2D eigenvalue weighted by Gasteiger charge is 2.21. The van der Waals surface area contributed by atoms with Crippen LogP contribution in [0.25, 0.3) is 16.7 Å². The van der Waals surface area contributed by atoms with Gasteiger partial charge in [0, 0.05) is 30.9 Å². The van der Waals surface area contributed by atoms with Crippen molar-refractivity contribution in [1.82, 2.24) is 18.3 Å². The van der Waals surface area contributed by atoms with Crippen LogP contribution >= 0.6 is 34.8 Å². The van der Waals surface area contributed by atoms with Crippen LogP contribution in [-0.4, -0.2) is 29.3 Å². The third-order valence-corrected chi connectivity index (χ3v) is 6.59. The van der Waals surface area contributed by atoms with Crippen molar-refractivity contribution in [2.45, 2.75) is 6.54 Å². The van der Waals surface area contributed by atoms with E-state index in [-0.39, 0.29) is 32.0 Å². The lowest BCUT2D eigenvalue weighted by molar-refractivity contribution is 0.0693. The van der Waals surface area contributed by atoms with Gasteiger partial charge in [0.2, 0.25) is 0 Å². The minimum Gasteiger partial charge on any atom is -0.477 e. The molecule has 2 aromatic heterocycles. The number of nitrogens with zero attached hydrogens (tertiary/aromatic N) is 4. The average Bonchev–Trinajstić information content (AvgIpc) is 2.99. The topological polar surface area (TPSA) is 108 Å². The van der Waals surface area contributed by atoms with Crippen molar-refractivity contribution in [2.75, 3.05) is 0 Å². The van der Waals surface area contributed by atoms with E-state index in [1.165, 1.54) is 21.3 Å². The van der Waals surface area contributed by atoms with Gasteiger partial charge in [-0.05, 0) is 30.3 Å². The molecule has 0 spiro atoms. The highest BCUT2D eigenvalue weighted by molar-refractivity contribution is 6.44. The number of carbonyl (C=O) groups is 1. The summed E-state index contributed by atoms with van der Waals surface area (Å²) in [6, 6.07) is 7.64. The molecule has 4 rings (SSSR count). The van der Waals surface area contributed by atoms with E-state index < -0.39 is 29.3 Å². The van der Waals surface area contributed by atoms with Gasteiger partial charge in [-0.3, -0.25) is 23.1 Å². The van der Waals surface area contributed by atoms with Crippen LogP contribution in [0.4, 0.5) is 0 Å². The first-order valence-corrected chi connectivity index (χ1v) is 10.5. The van der Waals surface area contributed by atoms with Crippen molar-refractivity contribution in [3.8, 4) is 5.69 Å². The lowest BCUT2D eigenvalue weighted by Crippen LogP contribution is -2.42. The van der Waals surface area contributed by atoms with Crippen molar-refractivity contribution >= 4 is 51.8 Å². The summed E-state index contributed by atoms with van der Waals surface area (Å²) < 4.78 is 4.58. The molecule has 2 heterocycles. The highest BCUT2D eigenvalue weighted by atomic mass is 35.5. The number of imidazole rings is 1. The Kier molecular flexibility index (Phi) is 5.73. The summed E-state index contributed by atoms with van der Waals surface area (Å²) in [7, 11) is 3.18. The molecule has 4 aromatic rings. The molecule has 33 heavy (non-hydrogen) atoms. The van der Waals surface area contributed by atoms with Gasteiger partial charge in [0.05, 0.1) is 33.3 Å². The van der Waals surface area contributed by atoms with Crippen LogP contribution in [-0.2, 0) is 20.6 Å². The fraction of sp³-hybridized carbons (Fsp3) is 0.143. The Hall–Kier alpha value is -3.27. The molecule has 9 nitrogen and oxygen atoms in total. The Morgan fingerprint density at radius 2 is 1.55 bits per heavy atom. The normalized spacial score (nSPS) is 11.3. The number of aryl methyl sites for hydroxylation is 2. The van der Waals surface area contributed by atoms with Gasteiger partial charge < -0.3 is 5.11 Å². The van der Waals surface area contributed by atoms with Crippen molar-refractivity contribution in [3.63, 3.8) is 0 Å². The zero-order valence-electron chi connectivity index (χ0n) is 17.2. The summed E-state index contributed by atoms with van der Waals surface area (Å²) in [5, 5.41) is 9.94. The fourth-order valence-corrected chi connectivity index (χ4v) is 4.26. The third-order valence-electron chi connectivity index (χ3n) is 5.39. The van der Waals surface area contributed by atoms with Gasteiger partial charge in [-0.25, -0.2) is 14.4 Å². The summed E-state index contributed by atoms with van der Waals surface area (Å²) in [5.41, 5.74) is -1.16. The van der Waals surface area contributed by atoms with E-state index in [1.807, 2.05) is 0 Å². The maximum atomic E-state index is 13.3. The van der Waals surface area contributed by atoms with Gasteiger partial charge in [0.15, 0.2) is 0 Å². The number of halogens is 3.